The van der Waals surface area contributed by atoms with Crippen molar-refractivity contribution in [2.75, 3.05) is 53.7 Å². The Balaban J connectivity index is 1.21. The quantitative estimate of drug-likeness (QED) is 0.638. The predicted octanol–water partition coefficient (Wildman–Crippen LogP) is 2.36. The summed E-state index contributed by atoms with van der Waals surface area (Å²) in [4.78, 5) is 22.0. The van der Waals surface area contributed by atoms with Crippen LogP contribution < -0.4 is 9.47 Å². The highest BCUT2D eigenvalue weighted by Crippen LogP contribution is 2.45. The van der Waals surface area contributed by atoms with E-state index in [1.807, 2.05) is 4.90 Å². The summed E-state index contributed by atoms with van der Waals surface area (Å²) in [5.41, 5.74) is 0.623. The molecule has 5 rings (SSSR count). The molecule has 1 aromatic heterocycles. The van der Waals surface area contributed by atoms with E-state index in [0.717, 1.165) is 71.1 Å². The maximum atomic E-state index is 13.2. The molecule has 0 N–H and O–H groups in total. The van der Waals surface area contributed by atoms with Crippen LogP contribution in [0.15, 0.2) is 12.1 Å². The molecule has 1 spiro atoms. The van der Waals surface area contributed by atoms with Crippen LogP contribution in [0.5, 0.6) is 11.8 Å². The van der Waals surface area contributed by atoms with Crippen molar-refractivity contribution in [1.82, 2.24) is 14.8 Å². The SMILES string of the molecule is COc1ccc(C(=O)N2CCC(N3CC(OCC4CC4)C34CCOCC4)CC2)c(OC)n1. The molecule has 1 atom stereocenters. The largest absolute Gasteiger partial charge is 0.481 e. The summed E-state index contributed by atoms with van der Waals surface area (Å²) in [6.45, 7) is 5.07. The van der Waals surface area contributed by atoms with E-state index in [1.165, 1.54) is 20.0 Å². The summed E-state index contributed by atoms with van der Waals surface area (Å²) < 4.78 is 22.6. The fourth-order valence-corrected chi connectivity index (χ4v) is 5.60. The molecule has 4 aliphatic rings. The number of carbonyl (C=O) groups excluding carboxylic acids is 1. The fraction of sp³-hybridized carbons (Fsp3) is 0.750. The Labute approximate surface area is 190 Å². The van der Waals surface area contributed by atoms with Crippen LogP contribution in [-0.2, 0) is 9.47 Å². The minimum atomic E-state index is -0.0227. The van der Waals surface area contributed by atoms with Gasteiger partial charge in [0.1, 0.15) is 5.56 Å². The minimum absolute atomic E-state index is 0.0227. The molecule has 1 unspecified atom stereocenters. The highest BCUT2D eigenvalue weighted by molar-refractivity contribution is 5.96. The topological polar surface area (TPSA) is 73.4 Å². The molecule has 0 aromatic carbocycles. The van der Waals surface area contributed by atoms with Crippen LogP contribution in [0.1, 0.15) is 48.9 Å². The molecule has 1 amide bonds. The number of carbonyl (C=O) groups is 1. The Hall–Kier alpha value is -1.90. The van der Waals surface area contributed by atoms with E-state index >= 15 is 0 Å². The van der Waals surface area contributed by atoms with Crippen LogP contribution >= 0.6 is 0 Å². The molecule has 32 heavy (non-hydrogen) atoms. The van der Waals surface area contributed by atoms with Crippen molar-refractivity contribution in [3.05, 3.63) is 17.7 Å². The molecule has 1 aromatic rings. The van der Waals surface area contributed by atoms with Gasteiger partial charge in [0, 0.05) is 51.6 Å². The second-order valence-electron chi connectivity index (χ2n) is 9.57. The molecule has 8 heteroatoms. The van der Waals surface area contributed by atoms with Gasteiger partial charge in [0.15, 0.2) is 0 Å². The van der Waals surface area contributed by atoms with Gasteiger partial charge in [0.05, 0.1) is 25.9 Å². The zero-order valence-electron chi connectivity index (χ0n) is 19.3. The fourth-order valence-electron chi connectivity index (χ4n) is 5.60. The van der Waals surface area contributed by atoms with Crippen molar-refractivity contribution in [2.45, 2.75) is 56.2 Å². The van der Waals surface area contributed by atoms with E-state index in [9.17, 15) is 4.79 Å². The lowest BCUT2D eigenvalue weighted by Gasteiger charge is -2.63. The molecule has 8 nitrogen and oxygen atoms in total. The molecule has 4 heterocycles. The number of likely N-dealkylation sites (tertiary alicyclic amines) is 2. The van der Waals surface area contributed by atoms with Crippen molar-refractivity contribution >= 4 is 5.91 Å². The van der Waals surface area contributed by atoms with Crippen LogP contribution in [0.3, 0.4) is 0 Å². The first-order valence-corrected chi connectivity index (χ1v) is 12.0. The lowest BCUT2D eigenvalue weighted by atomic mass is 9.73. The molecule has 3 aliphatic heterocycles. The number of pyridine rings is 1. The second kappa shape index (κ2) is 9.15. The molecule has 176 valence electrons. The van der Waals surface area contributed by atoms with E-state index < -0.39 is 0 Å². The third-order valence-corrected chi connectivity index (χ3v) is 7.78. The van der Waals surface area contributed by atoms with Gasteiger partial charge in [0.25, 0.3) is 5.91 Å². The Bertz CT molecular complexity index is 816. The van der Waals surface area contributed by atoms with Crippen molar-refractivity contribution < 1.29 is 23.7 Å². The number of ether oxygens (including phenoxy) is 4. The Morgan fingerprint density at radius 2 is 1.88 bits per heavy atom. The maximum absolute atomic E-state index is 13.2. The molecule has 0 radical (unpaired) electrons. The van der Waals surface area contributed by atoms with Crippen LogP contribution in [0, 0.1) is 5.92 Å². The van der Waals surface area contributed by atoms with Gasteiger partial charge in [-0.1, -0.05) is 0 Å². The van der Waals surface area contributed by atoms with Gasteiger partial charge in [-0.05, 0) is 50.5 Å². The second-order valence-corrected chi connectivity index (χ2v) is 9.57. The summed E-state index contributed by atoms with van der Waals surface area (Å²) in [5, 5.41) is 0. The molecule has 3 saturated heterocycles. The standard InChI is InChI=1S/C24H35N3O5/c1-29-21-6-5-19(22(25-21)30-2)23(28)26-11-7-18(8-12-26)27-15-20(32-16-17-3-4-17)24(27)9-13-31-14-10-24/h5-6,17-18,20H,3-4,7-16H2,1-2H3. The van der Waals surface area contributed by atoms with E-state index in [2.05, 4.69) is 9.88 Å². The molecule has 0 bridgehead atoms. The number of amides is 1. The Kier molecular flexibility index (Phi) is 6.27. The monoisotopic (exact) mass is 445 g/mol. The van der Waals surface area contributed by atoms with Crippen molar-refractivity contribution in [3.63, 3.8) is 0 Å². The Morgan fingerprint density at radius 3 is 2.53 bits per heavy atom. The van der Waals surface area contributed by atoms with Gasteiger partial charge in [0.2, 0.25) is 11.8 Å². The number of rotatable bonds is 7. The zero-order chi connectivity index (χ0) is 22.1. The summed E-state index contributed by atoms with van der Waals surface area (Å²) in [7, 11) is 3.08. The third kappa shape index (κ3) is 4.08. The lowest BCUT2D eigenvalue weighted by molar-refractivity contribution is -0.217. The van der Waals surface area contributed by atoms with Crippen LogP contribution in [0.4, 0.5) is 0 Å². The summed E-state index contributed by atoms with van der Waals surface area (Å²) >= 11 is 0. The number of aromatic nitrogens is 1. The van der Waals surface area contributed by atoms with E-state index in [4.69, 9.17) is 18.9 Å². The smallest absolute Gasteiger partial charge is 0.259 e. The summed E-state index contributed by atoms with van der Waals surface area (Å²) in [6, 6.07) is 3.95. The molecular weight excluding hydrogens is 410 g/mol. The first kappa shape index (κ1) is 21.9. The first-order valence-electron chi connectivity index (χ1n) is 12.0. The van der Waals surface area contributed by atoms with E-state index in [-0.39, 0.29) is 11.4 Å². The number of nitrogens with zero attached hydrogens (tertiary/aromatic N) is 3. The van der Waals surface area contributed by atoms with Crippen LogP contribution in [0.2, 0.25) is 0 Å². The normalized spacial score (nSPS) is 26.1. The average Bonchev–Trinajstić information content (AvgIpc) is 3.68. The van der Waals surface area contributed by atoms with Gasteiger partial charge >= 0.3 is 0 Å². The predicted molar refractivity (Wildman–Crippen MR) is 118 cm³/mol. The molecule has 1 saturated carbocycles. The molecule has 4 fully saturated rings. The summed E-state index contributed by atoms with van der Waals surface area (Å²) in [6.07, 6.45) is 7.06. The van der Waals surface area contributed by atoms with Gasteiger partial charge in [-0.25, -0.2) is 0 Å². The number of methoxy groups -OCH3 is 2. The number of hydrogen-bond donors (Lipinski definition) is 0. The average molecular weight is 446 g/mol. The first-order chi connectivity index (χ1) is 15.6. The summed E-state index contributed by atoms with van der Waals surface area (Å²) in [5.74, 6) is 1.52. The third-order valence-electron chi connectivity index (χ3n) is 7.78. The molecule has 1 aliphatic carbocycles. The molecular formula is C24H35N3O5. The van der Waals surface area contributed by atoms with Gasteiger partial charge in [-0.15, -0.1) is 0 Å². The van der Waals surface area contributed by atoms with E-state index in [1.54, 1.807) is 19.2 Å². The van der Waals surface area contributed by atoms with Crippen molar-refractivity contribution in [2.24, 2.45) is 5.92 Å². The zero-order valence-corrected chi connectivity index (χ0v) is 19.3. The number of hydrogen-bond acceptors (Lipinski definition) is 7. The number of piperidine rings is 1. The van der Waals surface area contributed by atoms with Crippen molar-refractivity contribution in [3.8, 4) is 11.8 Å². The van der Waals surface area contributed by atoms with E-state index in [0.29, 0.717) is 29.5 Å². The van der Waals surface area contributed by atoms with Crippen LogP contribution in [-0.4, -0.2) is 92.1 Å². The minimum Gasteiger partial charge on any atom is -0.481 e. The van der Waals surface area contributed by atoms with Crippen molar-refractivity contribution in [1.29, 1.82) is 0 Å². The Morgan fingerprint density at radius 1 is 1.12 bits per heavy atom. The van der Waals surface area contributed by atoms with Crippen LogP contribution in [0.25, 0.3) is 0 Å². The van der Waals surface area contributed by atoms with Gasteiger partial charge < -0.3 is 23.8 Å². The lowest BCUT2D eigenvalue weighted by Crippen LogP contribution is -2.76. The highest BCUT2D eigenvalue weighted by Gasteiger charge is 2.57. The highest BCUT2D eigenvalue weighted by atomic mass is 16.5. The van der Waals surface area contributed by atoms with Gasteiger partial charge in [-0.3, -0.25) is 9.69 Å². The van der Waals surface area contributed by atoms with Gasteiger partial charge in [-0.2, -0.15) is 4.98 Å². The maximum Gasteiger partial charge on any atom is 0.259 e.